The summed E-state index contributed by atoms with van der Waals surface area (Å²) in [6.45, 7) is 1.98. The quantitative estimate of drug-likeness (QED) is 0.896. The molecule has 2 aromatic rings. The van der Waals surface area contributed by atoms with Gasteiger partial charge in [0.1, 0.15) is 5.75 Å². The maximum atomic E-state index is 9.45. The predicted octanol–water partition coefficient (Wildman–Crippen LogP) is 3.38. The molecule has 0 fully saturated rings. The van der Waals surface area contributed by atoms with Crippen LogP contribution in [0.2, 0.25) is 0 Å². The third-order valence-corrected chi connectivity index (χ3v) is 3.27. The van der Waals surface area contributed by atoms with Gasteiger partial charge in [0.2, 0.25) is 0 Å². The van der Waals surface area contributed by atoms with Crippen LogP contribution in [0.3, 0.4) is 0 Å². The molecule has 0 aromatic heterocycles. The third kappa shape index (κ3) is 2.44. The minimum Gasteiger partial charge on any atom is -0.508 e. The first-order valence-electron chi connectivity index (χ1n) is 5.94. The molecule has 0 aliphatic carbocycles. The van der Waals surface area contributed by atoms with Crippen LogP contribution in [0.4, 0.5) is 5.69 Å². The topological polar surface area (TPSA) is 23.5 Å². The zero-order chi connectivity index (χ0) is 11.7. The number of benzene rings is 2. The third-order valence-electron chi connectivity index (χ3n) is 3.27. The molecule has 0 saturated carbocycles. The Hall–Kier alpha value is -1.67. The smallest absolute Gasteiger partial charge is 0.116 e. The van der Waals surface area contributed by atoms with Gasteiger partial charge in [-0.2, -0.15) is 0 Å². The van der Waals surface area contributed by atoms with Gasteiger partial charge >= 0.3 is 0 Å². The first-order valence-corrected chi connectivity index (χ1v) is 5.94. The van der Waals surface area contributed by atoms with E-state index in [9.17, 15) is 5.11 Å². The zero-order valence-corrected chi connectivity index (χ0v) is 10.9. The number of hydrogen-bond donors (Lipinski definition) is 1. The summed E-state index contributed by atoms with van der Waals surface area (Å²) in [4.78, 5) is 2.37. The molecule has 0 bridgehead atoms. The Morgan fingerprint density at radius 2 is 1.83 bits per heavy atom. The van der Waals surface area contributed by atoms with Gasteiger partial charge < -0.3 is 10.0 Å². The molecule has 1 aliphatic heterocycles. The second-order valence-corrected chi connectivity index (χ2v) is 4.47. The Labute approximate surface area is 113 Å². The summed E-state index contributed by atoms with van der Waals surface area (Å²) < 4.78 is 0. The van der Waals surface area contributed by atoms with Crippen molar-refractivity contribution in [3.8, 4) is 5.75 Å². The highest BCUT2D eigenvalue weighted by molar-refractivity contribution is 5.85. The number of aromatic hydroxyl groups is 1. The van der Waals surface area contributed by atoms with E-state index < -0.39 is 0 Å². The van der Waals surface area contributed by atoms with Crippen LogP contribution in [0.5, 0.6) is 5.75 Å². The lowest BCUT2D eigenvalue weighted by Gasteiger charge is -2.19. The van der Waals surface area contributed by atoms with E-state index in [-0.39, 0.29) is 12.4 Å². The molecule has 0 saturated heterocycles. The molecular weight excluding hydrogens is 246 g/mol. The fourth-order valence-electron chi connectivity index (χ4n) is 2.42. The van der Waals surface area contributed by atoms with Gasteiger partial charge in [-0.1, -0.05) is 30.3 Å². The van der Waals surface area contributed by atoms with E-state index >= 15 is 0 Å². The summed E-state index contributed by atoms with van der Waals surface area (Å²) in [5.41, 5.74) is 3.83. The van der Waals surface area contributed by atoms with E-state index in [4.69, 9.17) is 0 Å². The van der Waals surface area contributed by atoms with Crippen LogP contribution in [0.25, 0.3) is 0 Å². The Bertz CT molecular complexity index is 527. The van der Waals surface area contributed by atoms with Gasteiger partial charge in [-0.05, 0) is 35.7 Å². The van der Waals surface area contributed by atoms with Crippen LogP contribution in [0.15, 0.2) is 48.5 Å². The second-order valence-electron chi connectivity index (χ2n) is 4.47. The summed E-state index contributed by atoms with van der Waals surface area (Å²) in [5.74, 6) is 0.366. The molecule has 0 unspecified atom stereocenters. The van der Waals surface area contributed by atoms with E-state index in [1.54, 1.807) is 6.07 Å². The highest BCUT2D eigenvalue weighted by Crippen LogP contribution is 2.31. The van der Waals surface area contributed by atoms with Gasteiger partial charge in [0, 0.05) is 18.8 Å². The van der Waals surface area contributed by atoms with Crippen molar-refractivity contribution in [3.63, 3.8) is 0 Å². The molecule has 18 heavy (non-hydrogen) atoms. The number of phenolic OH excluding ortho intramolecular Hbond substituents is 1. The van der Waals surface area contributed by atoms with E-state index in [0.29, 0.717) is 5.75 Å². The van der Waals surface area contributed by atoms with Crippen LogP contribution in [-0.4, -0.2) is 11.7 Å². The van der Waals surface area contributed by atoms with Crippen molar-refractivity contribution >= 4 is 18.1 Å². The van der Waals surface area contributed by atoms with Gasteiger partial charge in [-0.15, -0.1) is 12.4 Å². The number of nitrogens with zero attached hydrogens (tertiary/aromatic N) is 1. The zero-order valence-electron chi connectivity index (χ0n) is 10.0. The van der Waals surface area contributed by atoms with Gasteiger partial charge in [-0.3, -0.25) is 0 Å². The fraction of sp³-hybridized carbons (Fsp3) is 0.200. The molecule has 0 amide bonds. The molecule has 1 N–H and O–H groups in total. The maximum Gasteiger partial charge on any atom is 0.116 e. The molecule has 3 rings (SSSR count). The Balaban J connectivity index is 0.00000120. The van der Waals surface area contributed by atoms with E-state index in [1.807, 2.05) is 18.2 Å². The second kappa shape index (κ2) is 5.32. The van der Waals surface area contributed by atoms with Crippen molar-refractivity contribution in [1.82, 2.24) is 0 Å². The van der Waals surface area contributed by atoms with Gasteiger partial charge in [0.15, 0.2) is 0 Å². The highest BCUT2D eigenvalue weighted by atomic mass is 35.5. The van der Waals surface area contributed by atoms with Gasteiger partial charge in [0.25, 0.3) is 0 Å². The number of rotatable bonds is 2. The molecule has 2 nitrogen and oxygen atoms in total. The van der Waals surface area contributed by atoms with Crippen LogP contribution in [-0.2, 0) is 13.0 Å². The van der Waals surface area contributed by atoms with E-state index in [0.717, 1.165) is 19.5 Å². The number of halogens is 1. The van der Waals surface area contributed by atoms with Crippen molar-refractivity contribution < 1.29 is 5.11 Å². The van der Waals surface area contributed by atoms with Crippen molar-refractivity contribution in [2.75, 3.05) is 11.4 Å². The van der Waals surface area contributed by atoms with Crippen molar-refractivity contribution in [2.24, 2.45) is 0 Å². The van der Waals surface area contributed by atoms with Crippen LogP contribution in [0, 0.1) is 0 Å². The summed E-state index contributed by atoms with van der Waals surface area (Å²) in [6.07, 6.45) is 1.02. The van der Waals surface area contributed by atoms with Gasteiger partial charge in [0.05, 0.1) is 0 Å². The standard InChI is InChI=1S/C15H15NO.ClH/c17-14-6-7-15-13(10-14)8-9-16(15)11-12-4-2-1-3-5-12;/h1-7,10,17H,8-9,11H2;1H. The lowest BCUT2D eigenvalue weighted by Crippen LogP contribution is -2.19. The Morgan fingerprint density at radius 3 is 2.61 bits per heavy atom. The van der Waals surface area contributed by atoms with Gasteiger partial charge in [-0.25, -0.2) is 0 Å². The Morgan fingerprint density at radius 1 is 1.06 bits per heavy atom. The monoisotopic (exact) mass is 261 g/mol. The molecule has 1 heterocycles. The number of phenols is 1. The maximum absolute atomic E-state index is 9.45. The van der Waals surface area contributed by atoms with Crippen molar-refractivity contribution in [3.05, 3.63) is 59.7 Å². The average molecular weight is 262 g/mol. The lowest BCUT2D eigenvalue weighted by atomic mass is 10.1. The van der Waals surface area contributed by atoms with Crippen molar-refractivity contribution in [2.45, 2.75) is 13.0 Å². The normalized spacial score (nSPS) is 13.0. The number of fused-ring (bicyclic) bond motifs is 1. The molecular formula is C15H16ClNO. The lowest BCUT2D eigenvalue weighted by molar-refractivity contribution is 0.475. The van der Waals surface area contributed by atoms with Crippen LogP contribution >= 0.6 is 12.4 Å². The highest BCUT2D eigenvalue weighted by Gasteiger charge is 2.18. The molecule has 2 aromatic carbocycles. The first-order chi connectivity index (χ1) is 8.33. The molecule has 1 aliphatic rings. The summed E-state index contributed by atoms with van der Waals surface area (Å²) in [7, 11) is 0. The van der Waals surface area contributed by atoms with E-state index in [1.165, 1.54) is 16.8 Å². The van der Waals surface area contributed by atoms with Crippen molar-refractivity contribution in [1.29, 1.82) is 0 Å². The summed E-state index contributed by atoms with van der Waals surface area (Å²) in [6, 6.07) is 16.1. The van der Waals surface area contributed by atoms with E-state index in [2.05, 4.69) is 29.2 Å². The summed E-state index contributed by atoms with van der Waals surface area (Å²) >= 11 is 0. The van der Waals surface area contributed by atoms with Crippen LogP contribution < -0.4 is 4.90 Å². The SMILES string of the molecule is Cl.Oc1ccc2c(c1)CCN2Cc1ccccc1. The molecule has 3 heteroatoms. The summed E-state index contributed by atoms with van der Waals surface area (Å²) in [5, 5.41) is 9.45. The molecule has 0 radical (unpaired) electrons. The molecule has 0 atom stereocenters. The molecule has 94 valence electrons. The first kappa shape index (κ1) is 12.8. The minimum atomic E-state index is 0. The largest absolute Gasteiger partial charge is 0.508 e. The average Bonchev–Trinajstić information content (AvgIpc) is 2.73. The Kier molecular flexibility index (Phi) is 3.78. The minimum absolute atomic E-state index is 0. The fourth-order valence-corrected chi connectivity index (χ4v) is 2.42. The number of anilines is 1. The predicted molar refractivity (Wildman–Crippen MR) is 76.6 cm³/mol. The molecule has 0 spiro atoms. The number of hydrogen-bond acceptors (Lipinski definition) is 2. The van der Waals surface area contributed by atoms with Crippen LogP contribution in [0.1, 0.15) is 11.1 Å².